The Labute approximate surface area is 103 Å². The maximum atomic E-state index is 11.6. The number of rotatable bonds is 2. The number of hydrogen-bond donors (Lipinski definition) is 2. The van der Waals surface area contributed by atoms with E-state index >= 15 is 0 Å². The Bertz CT molecular complexity index is 555. The summed E-state index contributed by atoms with van der Waals surface area (Å²) in [5.74, 6) is -0.645. The van der Waals surface area contributed by atoms with Gasteiger partial charge in [0.1, 0.15) is 17.1 Å². The molecule has 0 radical (unpaired) electrons. The average Bonchev–Trinajstić information content (AvgIpc) is 2.30. The summed E-state index contributed by atoms with van der Waals surface area (Å²) < 4.78 is 4.83. The Balaban J connectivity index is 2.16. The first kappa shape index (κ1) is 11.9. The molecule has 1 aromatic carbocycles. The van der Waals surface area contributed by atoms with E-state index in [1.807, 2.05) is 0 Å². The van der Waals surface area contributed by atoms with E-state index in [0.29, 0.717) is 5.69 Å². The predicted molar refractivity (Wildman–Crippen MR) is 64.7 cm³/mol. The van der Waals surface area contributed by atoms with Crippen LogP contribution in [0.25, 0.3) is 0 Å². The van der Waals surface area contributed by atoms with Gasteiger partial charge in [-0.1, -0.05) is 0 Å². The number of phenols is 1. The molecule has 0 saturated carbocycles. The van der Waals surface area contributed by atoms with Gasteiger partial charge in [0.25, 0.3) is 0 Å². The minimum Gasteiger partial charge on any atom is -0.508 e. The van der Waals surface area contributed by atoms with Crippen molar-refractivity contribution < 1.29 is 19.4 Å². The van der Waals surface area contributed by atoms with Crippen LogP contribution >= 0.6 is 0 Å². The zero-order chi connectivity index (χ0) is 13.1. The van der Waals surface area contributed by atoms with Crippen LogP contribution in [0.5, 0.6) is 5.75 Å². The van der Waals surface area contributed by atoms with Gasteiger partial charge < -0.3 is 15.2 Å². The number of carbonyl (C=O) groups is 2. The molecule has 0 atom stereocenters. The summed E-state index contributed by atoms with van der Waals surface area (Å²) in [5.41, 5.74) is 0.584. The van der Waals surface area contributed by atoms with Crippen molar-refractivity contribution in [2.24, 2.45) is 0 Å². The third-order valence-electron chi connectivity index (χ3n) is 2.32. The zero-order valence-corrected chi connectivity index (χ0v) is 9.64. The molecular formula is C13H11NO4. The van der Waals surface area contributed by atoms with Crippen molar-refractivity contribution in [3.63, 3.8) is 0 Å². The molecular weight excluding hydrogens is 234 g/mol. The molecule has 0 unspecified atom stereocenters. The molecule has 0 amide bonds. The highest BCUT2D eigenvalue weighted by Crippen LogP contribution is 2.16. The van der Waals surface area contributed by atoms with Gasteiger partial charge in [0.2, 0.25) is 0 Å². The van der Waals surface area contributed by atoms with Crippen LogP contribution in [0.3, 0.4) is 0 Å². The van der Waals surface area contributed by atoms with Crippen molar-refractivity contribution in [2.45, 2.75) is 6.92 Å². The van der Waals surface area contributed by atoms with Crippen molar-refractivity contribution in [3.8, 4) is 5.75 Å². The minimum atomic E-state index is -0.675. The smallest absolute Gasteiger partial charge is 0.348 e. The van der Waals surface area contributed by atoms with Gasteiger partial charge in [-0.25, -0.2) is 4.79 Å². The zero-order valence-electron chi connectivity index (χ0n) is 9.64. The van der Waals surface area contributed by atoms with Crippen LogP contribution in [0.1, 0.15) is 6.92 Å². The van der Waals surface area contributed by atoms with Crippen molar-refractivity contribution in [3.05, 3.63) is 47.9 Å². The Morgan fingerprint density at radius 2 is 1.89 bits per heavy atom. The maximum absolute atomic E-state index is 11.6. The van der Waals surface area contributed by atoms with E-state index in [1.54, 1.807) is 19.1 Å². The first-order valence-electron chi connectivity index (χ1n) is 5.27. The highest BCUT2D eigenvalue weighted by Gasteiger charge is 2.23. The Morgan fingerprint density at radius 3 is 2.50 bits per heavy atom. The maximum Gasteiger partial charge on any atom is 0.348 e. The number of carbonyl (C=O) groups excluding carboxylic acids is 2. The predicted octanol–water partition coefficient (Wildman–Crippen LogP) is 1.72. The second-order valence-electron chi connectivity index (χ2n) is 3.76. The molecule has 92 valence electrons. The Hall–Kier alpha value is -2.56. The average molecular weight is 245 g/mol. The molecule has 0 fully saturated rings. The third-order valence-corrected chi connectivity index (χ3v) is 2.32. The van der Waals surface area contributed by atoms with Gasteiger partial charge in [-0.3, -0.25) is 4.79 Å². The lowest BCUT2D eigenvalue weighted by atomic mass is 10.1. The third kappa shape index (κ3) is 2.57. The lowest BCUT2D eigenvalue weighted by molar-refractivity contribution is -0.137. The van der Waals surface area contributed by atoms with Gasteiger partial charge in [-0.2, -0.15) is 0 Å². The molecule has 0 aromatic heterocycles. The fourth-order valence-electron chi connectivity index (χ4n) is 1.44. The summed E-state index contributed by atoms with van der Waals surface area (Å²) in [6, 6.07) is 6.22. The topological polar surface area (TPSA) is 75.6 Å². The number of allylic oxidation sites excluding steroid dienone is 2. The van der Waals surface area contributed by atoms with Crippen LogP contribution in [0, 0.1) is 0 Å². The second kappa shape index (κ2) is 4.75. The van der Waals surface area contributed by atoms with Crippen molar-refractivity contribution in [1.29, 1.82) is 0 Å². The number of nitrogens with one attached hydrogen (secondary N) is 1. The van der Waals surface area contributed by atoms with E-state index in [1.165, 1.54) is 24.4 Å². The Kier molecular flexibility index (Phi) is 3.14. The largest absolute Gasteiger partial charge is 0.508 e. The van der Waals surface area contributed by atoms with Crippen LogP contribution in [-0.2, 0) is 14.3 Å². The van der Waals surface area contributed by atoms with Gasteiger partial charge in [-0.05, 0) is 31.2 Å². The molecule has 1 aromatic rings. The number of phenolic OH excluding ortho intramolecular Hbond substituents is 1. The van der Waals surface area contributed by atoms with Crippen LogP contribution in [0.4, 0.5) is 5.69 Å². The standard InChI is InChI=1S/C13H11NO4/c1-8-6-12(16)11(13(17)18-8)7-14-9-2-4-10(15)5-3-9/h2-7,14-15H,1H3. The lowest BCUT2D eigenvalue weighted by Crippen LogP contribution is -2.20. The summed E-state index contributed by atoms with van der Waals surface area (Å²) >= 11 is 0. The first-order valence-corrected chi connectivity index (χ1v) is 5.27. The monoisotopic (exact) mass is 245 g/mol. The number of anilines is 1. The second-order valence-corrected chi connectivity index (χ2v) is 3.76. The Morgan fingerprint density at radius 1 is 1.22 bits per heavy atom. The number of esters is 1. The highest BCUT2D eigenvalue weighted by molar-refractivity contribution is 6.23. The molecule has 18 heavy (non-hydrogen) atoms. The van der Waals surface area contributed by atoms with Crippen LogP contribution < -0.4 is 5.32 Å². The van der Waals surface area contributed by atoms with Gasteiger partial charge in [0.05, 0.1) is 0 Å². The molecule has 0 aliphatic carbocycles. The molecule has 2 N–H and O–H groups in total. The van der Waals surface area contributed by atoms with Gasteiger partial charge in [-0.15, -0.1) is 0 Å². The van der Waals surface area contributed by atoms with E-state index in [4.69, 9.17) is 9.84 Å². The molecule has 0 bridgehead atoms. The summed E-state index contributed by atoms with van der Waals surface area (Å²) in [6.07, 6.45) is 2.55. The summed E-state index contributed by atoms with van der Waals surface area (Å²) in [5, 5.41) is 11.9. The molecule has 2 rings (SSSR count). The van der Waals surface area contributed by atoms with Crippen molar-refractivity contribution in [2.75, 3.05) is 5.32 Å². The number of cyclic esters (lactones) is 1. The number of hydrogen-bond acceptors (Lipinski definition) is 5. The van der Waals surface area contributed by atoms with Gasteiger partial charge in [0, 0.05) is 18.0 Å². The fraction of sp³-hybridized carbons (Fsp3) is 0.0769. The van der Waals surface area contributed by atoms with Crippen molar-refractivity contribution in [1.82, 2.24) is 0 Å². The van der Waals surface area contributed by atoms with Crippen LogP contribution in [0.2, 0.25) is 0 Å². The SMILES string of the molecule is CC1=CC(=O)C(=CNc2ccc(O)cc2)C(=O)O1. The molecule has 1 aliphatic heterocycles. The molecule has 0 spiro atoms. The molecule has 1 aliphatic rings. The summed E-state index contributed by atoms with van der Waals surface area (Å²) in [4.78, 5) is 23.0. The number of aromatic hydroxyl groups is 1. The van der Waals surface area contributed by atoms with E-state index in [-0.39, 0.29) is 17.1 Å². The normalized spacial score (nSPS) is 17.4. The van der Waals surface area contributed by atoms with E-state index in [0.717, 1.165) is 0 Å². The molecule has 5 nitrogen and oxygen atoms in total. The molecule has 0 saturated heterocycles. The molecule has 5 heteroatoms. The highest BCUT2D eigenvalue weighted by atomic mass is 16.5. The number of ketones is 1. The van der Waals surface area contributed by atoms with Crippen molar-refractivity contribution >= 4 is 17.4 Å². The van der Waals surface area contributed by atoms with E-state index in [9.17, 15) is 9.59 Å². The summed E-state index contributed by atoms with van der Waals surface area (Å²) in [7, 11) is 0. The fourth-order valence-corrected chi connectivity index (χ4v) is 1.44. The summed E-state index contributed by atoms with van der Waals surface area (Å²) in [6.45, 7) is 1.54. The van der Waals surface area contributed by atoms with Gasteiger partial charge >= 0.3 is 5.97 Å². The van der Waals surface area contributed by atoms with E-state index < -0.39 is 11.8 Å². The molecule has 1 heterocycles. The quantitative estimate of drug-likeness (QED) is 0.359. The first-order chi connectivity index (χ1) is 8.56. The number of benzene rings is 1. The minimum absolute atomic E-state index is 0.0614. The number of ether oxygens (including phenoxy) is 1. The van der Waals surface area contributed by atoms with E-state index in [2.05, 4.69) is 5.32 Å². The lowest BCUT2D eigenvalue weighted by Gasteiger charge is -2.11. The van der Waals surface area contributed by atoms with Crippen LogP contribution in [-0.4, -0.2) is 16.9 Å². The van der Waals surface area contributed by atoms with Crippen LogP contribution in [0.15, 0.2) is 47.9 Å². The van der Waals surface area contributed by atoms with Gasteiger partial charge in [0.15, 0.2) is 5.78 Å².